The average Bonchev–Trinajstić information content (AvgIpc) is 2.35. The summed E-state index contributed by atoms with van der Waals surface area (Å²) in [5.74, 6) is -3.20. The Balaban J connectivity index is 0. The van der Waals surface area contributed by atoms with E-state index in [0.717, 1.165) is 0 Å². The first-order chi connectivity index (χ1) is 9.56. The van der Waals surface area contributed by atoms with Gasteiger partial charge in [-0.15, -0.1) is 0 Å². The number of quaternary nitrogens is 1. The first kappa shape index (κ1) is 23.2. The van der Waals surface area contributed by atoms with Crippen LogP contribution in [0, 0.1) is 0 Å². The molecule has 0 bridgehead atoms. The number of nitrogens with zero attached hydrogens (tertiary/aromatic N) is 1. The van der Waals surface area contributed by atoms with Crippen LogP contribution in [0.3, 0.4) is 0 Å². The maximum absolute atomic E-state index is 11.4. The lowest BCUT2D eigenvalue weighted by molar-refractivity contribution is -0.904. The Morgan fingerprint density at radius 3 is 1.41 bits per heavy atom. The van der Waals surface area contributed by atoms with E-state index < -0.39 is 27.6 Å². The van der Waals surface area contributed by atoms with Gasteiger partial charge in [0.05, 0.1) is 26.7 Å². The Labute approximate surface area is 124 Å². The smallest absolute Gasteiger partial charge is 0.327 e. The van der Waals surface area contributed by atoms with Gasteiger partial charge in [-0.25, -0.2) is 4.72 Å². The van der Waals surface area contributed by atoms with Gasteiger partial charge in [-0.1, -0.05) is 0 Å². The number of carbonyl (C=O) groups is 1. The maximum Gasteiger partial charge on any atom is 0.516 e. The predicted molar refractivity (Wildman–Crippen MR) is 67.0 cm³/mol. The highest BCUT2D eigenvalue weighted by molar-refractivity contribution is 7.90. The van der Waals surface area contributed by atoms with Crippen LogP contribution in [0.4, 0.5) is 26.3 Å². The molecule has 0 fully saturated rings. The Bertz CT molecular complexity index is 446. The highest BCUT2D eigenvalue weighted by Crippen LogP contribution is 2.23. The van der Waals surface area contributed by atoms with Crippen molar-refractivity contribution in [3.63, 3.8) is 0 Å². The highest BCUT2D eigenvalue weighted by atomic mass is 32.2. The van der Waals surface area contributed by atoms with Crippen molar-refractivity contribution >= 4 is 15.9 Å². The number of hydrogen-bond acceptors (Lipinski definition) is 3. The molecule has 134 valence electrons. The first-order valence-electron chi connectivity index (χ1n) is 6.10. The van der Waals surface area contributed by atoms with Gasteiger partial charge in [0.2, 0.25) is 0 Å². The summed E-state index contributed by atoms with van der Waals surface area (Å²) in [6, 6.07) is 0. The Morgan fingerprint density at radius 1 is 0.955 bits per heavy atom. The summed E-state index contributed by atoms with van der Waals surface area (Å²) < 4.78 is 89.1. The summed E-state index contributed by atoms with van der Waals surface area (Å²) in [4.78, 5) is 9.81. The Morgan fingerprint density at radius 2 is 1.27 bits per heavy atom. The van der Waals surface area contributed by atoms with Gasteiger partial charge in [0, 0.05) is 0 Å². The molecule has 0 spiro atoms. The summed E-state index contributed by atoms with van der Waals surface area (Å²) in [5.41, 5.74) is -5.96. The minimum absolute atomic E-state index is 0.181. The average molecular weight is 361 g/mol. The third-order valence-electron chi connectivity index (χ3n) is 3.08. The quantitative estimate of drug-likeness (QED) is 0.615. The molecule has 0 aromatic carbocycles. The van der Waals surface area contributed by atoms with E-state index in [2.05, 4.69) is 27.8 Å². The summed E-state index contributed by atoms with van der Waals surface area (Å²) >= 11 is 0. The van der Waals surface area contributed by atoms with Crippen molar-refractivity contribution in [2.24, 2.45) is 0 Å². The topological polar surface area (TPSA) is 63.2 Å². The predicted octanol–water partition coefficient (Wildman–Crippen LogP) is 2.01. The fourth-order valence-electron chi connectivity index (χ4n) is 0.909. The van der Waals surface area contributed by atoms with E-state index in [1.165, 1.54) is 24.1 Å². The van der Waals surface area contributed by atoms with Crippen LogP contribution in [0.5, 0.6) is 0 Å². The number of nitrogens with one attached hydrogen (secondary N) is 1. The lowest BCUT2D eigenvalue weighted by atomic mass is 10.4. The number of carbonyl (C=O) groups excluding carboxylic acids is 1. The third kappa shape index (κ3) is 7.82. The van der Waals surface area contributed by atoms with Crippen LogP contribution in [0.2, 0.25) is 0 Å². The van der Waals surface area contributed by atoms with Gasteiger partial charge in [-0.2, -0.15) is 34.8 Å². The standard InChI is InChI=1S/C7H18N.C3HF6NO3S/c1-5-8(4,6-2)7-3;4-2(5,6)1(11)10-14(12,13)3(7,8)9/h5-7H2,1-4H3;(H,10,11)/q+1;. The van der Waals surface area contributed by atoms with Crippen molar-refractivity contribution in [1.29, 1.82) is 0 Å². The van der Waals surface area contributed by atoms with Gasteiger partial charge in [0.15, 0.2) is 0 Å². The molecule has 0 aliphatic carbocycles. The lowest BCUT2D eigenvalue weighted by Gasteiger charge is -2.30. The van der Waals surface area contributed by atoms with Gasteiger partial charge >= 0.3 is 27.6 Å². The molecule has 5 nitrogen and oxygen atoms in total. The van der Waals surface area contributed by atoms with Crippen LogP contribution in [-0.4, -0.2) is 57.2 Å². The fourth-order valence-corrected chi connectivity index (χ4v) is 1.38. The molecule has 0 unspecified atom stereocenters. The van der Waals surface area contributed by atoms with Crippen LogP contribution in [0.25, 0.3) is 0 Å². The van der Waals surface area contributed by atoms with Gasteiger partial charge in [0.25, 0.3) is 0 Å². The molecule has 0 heterocycles. The zero-order chi connectivity index (χ0) is 18.4. The van der Waals surface area contributed by atoms with Crippen LogP contribution < -0.4 is 4.72 Å². The molecule has 1 N–H and O–H groups in total. The van der Waals surface area contributed by atoms with Crippen LogP contribution in [-0.2, 0) is 14.8 Å². The summed E-state index contributed by atoms with van der Waals surface area (Å²) in [6.45, 7) is 10.5. The van der Waals surface area contributed by atoms with Gasteiger partial charge in [0.1, 0.15) is 0 Å². The Kier molecular flexibility index (Phi) is 8.44. The molecule has 0 atom stereocenters. The monoisotopic (exact) mass is 361 g/mol. The van der Waals surface area contributed by atoms with Crippen molar-refractivity contribution in [2.75, 3.05) is 26.7 Å². The minimum Gasteiger partial charge on any atom is -0.327 e. The molecule has 1 amide bonds. The number of sulfonamides is 1. The Hall–Kier alpha value is -1.04. The molecular weight excluding hydrogens is 342 g/mol. The van der Waals surface area contributed by atoms with E-state index in [1.54, 1.807) is 0 Å². The number of rotatable bonds is 4. The molecular formula is C10H19F6N2O3S+. The van der Waals surface area contributed by atoms with E-state index in [4.69, 9.17) is 0 Å². The summed E-state index contributed by atoms with van der Waals surface area (Å²) in [7, 11) is -4.01. The number of amides is 1. The normalized spacial score (nSPS) is 13.2. The summed E-state index contributed by atoms with van der Waals surface area (Å²) in [6.07, 6.45) is -5.70. The van der Waals surface area contributed by atoms with Gasteiger partial charge < -0.3 is 4.48 Å². The zero-order valence-electron chi connectivity index (χ0n) is 12.5. The molecule has 0 rings (SSSR count). The minimum atomic E-state index is -6.30. The van der Waals surface area contributed by atoms with Crippen LogP contribution in [0.15, 0.2) is 0 Å². The van der Waals surface area contributed by atoms with Crippen molar-refractivity contribution in [2.45, 2.75) is 32.5 Å². The van der Waals surface area contributed by atoms with Crippen molar-refractivity contribution in [3.05, 3.63) is 0 Å². The van der Waals surface area contributed by atoms with Crippen LogP contribution in [0.1, 0.15) is 20.8 Å². The van der Waals surface area contributed by atoms with E-state index in [-0.39, 0.29) is 4.72 Å². The number of halogens is 6. The SMILES string of the molecule is CC[N+](C)(CC)CC.O=C(NS(=O)(=O)C(F)(F)F)C(F)(F)F. The van der Waals surface area contributed by atoms with Crippen molar-refractivity contribution in [3.8, 4) is 0 Å². The second-order valence-electron chi connectivity index (χ2n) is 4.45. The van der Waals surface area contributed by atoms with E-state index in [0.29, 0.717) is 0 Å². The van der Waals surface area contributed by atoms with Crippen LogP contribution >= 0.6 is 0 Å². The molecule has 0 saturated carbocycles. The molecule has 12 heteroatoms. The van der Waals surface area contributed by atoms with E-state index in [9.17, 15) is 39.6 Å². The second-order valence-corrected chi connectivity index (χ2v) is 6.12. The van der Waals surface area contributed by atoms with Crippen molar-refractivity contribution < 1.29 is 44.0 Å². The van der Waals surface area contributed by atoms with Gasteiger partial charge in [-0.3, -0.25) is 4.79 Å². The molecule has 0 aliphatic rings. The van der Waals surface area contributed by atoms with Crippen molar-refractivity contribution in [1.82, 2.24) is 4.72 Å². The molecule has 0 saturated heterocycles. The molecule has 0 radical (unpaired) electrons. The van der Waals surface area contributed by atoms with Gasteiger partial charge in [-0.05, 0) is 20.8 Å². The highest BCUT2D eigenvalue weighted by Gasteiger charge is 2.51. The maximum atomic E-state index is 11.4. The second kappa shape index (κ2) is 7.99. The van der Waals surface area contributed by atoms with E-state index >= 15 is 0 Å². The third-order valence-corrected chi connectivity index (χ3v) is 4.14. The molecule has 22 heavy (non-hydrogen) atoms. The van der Waals surface area contributed by atoms with E-state index in [1.807, 2.05) is 0 Å². The summed E-state index contributed by atoms with van der Waals surface area (Å²) in [5, 5.41) is 0. The number of alkyl halides is 6. The number of hydrogen-bond donors (Lipinski definition) is 1. The molecule has 0 aromatic rings. The molecule has 0 aliphatic heterocycles. The first-order valence-corrected chi connectivity index (χ1v) is 7.58. The fraction of sp³-hybridized carbons (Fsp3) is 0.900. The largest absolute Gasteiger partial charge is 0.516 e. The molecule has 0 aromatic heterocycles. The zero-order valence-corrected chi connectivity index (χ0v) is 13.3. The lowest BCUT2D eigenvalue weighted by Crippen LogP contribution is -2.46.